The van der Waals surface area contributed by atoms with Gasteiger partial charge in [-0.25, -0.2) is 4.79 Å². The van der Waals surface area contributed by atoms with E-state index >= 15 is 0 Å². The summed E-state index contributed by atoms with van der Waals surface area (Å²) in [5.74, 6) is 2.34. The predicted molar refractivity (Wildman–Crippen MR) is 185 cm³/mol. The summed E-state index contributed by atoms with van der Waals surface area (Å²) in [6, 6.07) is 5.59. The molecule has 0 saturated heterocycles. The maximum Gasteiger partial charge on any atom is 0.331 e. The van der Waals surface area contributed by atoms with Crippen molar-refractivity contribution in [2.45, 2.75) is 112 Å². The first-order valence-electron chi connectivity index (χ1n) is 18.1. The van der Waals surface area contributed by atoms with Crippen LogP contribution < -0.4 is 9.47 Å². The third-order valence-corrected chi connectivity index (χ3v) is 15.5. The van der Waals surface area contributed by atoms with Gasteiger partial charge in [-0.1, -0.05) is 52.8 Å². The van der Waals surface area contributed by atoms with Gasteiger partial charge in [0.25, 0.3) is 0 Å². The molecule has 6 rings (SSSR count). The van der Waals surface area contributed by atoms with Crippen molar-refractivity contribution in [1.29, 1.82) is 0 Å². The van der Waals surface area contributed by atoms with Gasteiger partial charge in [0.2, 0.25) is 0 Å². The molecule has 1 N–H and O–H groups in total. The molecule has 6 nitrogen and oxygen atoms in total. The Kier molecular flexibility index (Phi) is 8.48. The van der Waals surface area contributed by atoms with Crippen molar-refractivity contribution in [3.8, 4) is 11.5 Å². The molecule has 1 unspecified atom stereocenters. The van der Waals surface area contributed by atoms with E-state index in [-0.39, 0.29) is 39.7 Å². The van der Waals surface area contributed by atoms with Crippen LogP contribution in [-0.2, 0) is 14.3 Å². The number of carbonyl (C=O) groups excluding carboxylic acids is 1. The summed E-state index contributed by atoms with van der Waals surface area (Å²) >= 11 is 0. The number of carboxylic acids is 1. The fourth-order valence-corrected chi connectivity index (χ4v) is 13.0. The van der Waals surface area contributed by atoms with E-state index in [0.717, 1.165) is 69.8 Å². The smallest absolute Gasteiger partial charge is 0.331 e. The first-order chi connectivity index (χ1) is 22.1. The number of benzene rings is 1. The normalized spacial score (nSPS) is 42.0. The lowest BCUT2D eigenvalue weighted by molar-refractivity contribution is -0.250. The van der Waals surface area contributed by atoms with E-state index in [4.69, 9.17) is 14.2 Å². The Morgan fingerprint density at radius 1 is 0.851 bits per heavy atom. The molecule has 6 heteroatoms. The van der Waals surface area contributed by atoms with E-state index < -0.39 is 11.4 Å². The minimum absolute atomic E-state index is 0.105. The zero-order valence-electron chi connectivity index (χ0n) is 30.1. The van der Waals surface area contributed by atoms with E-state index in [9.17, 15) is 14.7 Å². The first kappa shape index (κ1) is 34.1. The maximum atomic E-state index is 13.2. The van der Waals surface area contributed by atoms with Gasteiger partial charge in [0.05, 0.1) is 19.6 Å². The predicted octanol–water partition coefficient (Wildman–Crippen LogP) is 9.37. The molecular formula is C41H58O6. The molecule has 5 saturated carbocycles. The van der Waals surface area contributed by atoms with Gasteiger partial charge in [0.15, 0.2) is 11.5 Å². The molecule has 5 aliphatic carbocycles. The molecule has 0 radical (unpaired) electrons. The van der Waals surface area contributed by atoms with Crippen molar-refractivity contribution in [2.75, 3.05) is 14.2 Å². The Morgan fingerprint density at radius 3 is 2.23 bits per heavy atom. The van der Waals surface area contributed by atoms with Gasteiger partial charge < -0.3 is 19.3 Å². The van der Waals surface area contributed by atoms with Gasteiger partial charge in [0.1, 0.15) is 6.10 Å². The topological polar surface area (TPSA) is 82.1 Å². The van der Waals surface area contributed by atoms with Gasteiger partial charge in [-0.15, -0.1) is 0 Å². The zero-order chi connectivity index (χ0) is 34.2. The lowest BCUT2D eigenvalue weighted by Gasteiger charge is -2.72. The molecule has 10 atom stereocenters. The van der Waals surface area contributed by atoms with E-state index in [2.05, 4.69) is 48.1 Å². The highest BCUT2D eigenvalue weighted by Crippen LogP contribution is 2.77. The highest BCUT2D eigenvalue weighted by atomic mass is 16.5. The second-order valence-electron chi connectivity index (χ2n) is 17.4. The summed E-state index contributed by atoms with van der Waals surface area (Å²) in [5, 5.41) is 10.7. The van der Waals surface area contributed by atoms with Crippen LogP contribution >= 0.6 is 0 Å². The van der Waals surface area contributed by atoms with Crippen molar-refractivity contribution in [3.63, 3.8) is 0 Å². The zero-order valence-corrected chi connectivity index (χ0v) is 30.1. The second kappa shape index (κ2) is 11.7. The molecule has 0 bridgehead atoms. The van der Waals surface area contributed by atoms with Crippen LogP contribution in [0.25, 0.3) is 6.08 Å². The molecule has 47 heavy (non-hydrogen) atoms. The minimum Gasteiger partial charge on any atom is -0.493 e. The number of hydrogen-bond donors (Lipinski definition) is 1. The number of hydrogen-bond acceptors (Lipinski definition) is 5. The number of aliphatic carboxylic acids is 1. The maximum absolute atomic E-state index is 13.2. The summed E-state index contributed by atoms with van der Waals surface area (Å²) in [6.07, 6.45) is 13.2. The number of carboxylic acid groups (broad SMARTS) is 1. The van der Waals surface area contributed by atoms with Gasteiger partial charge in [-0.3, -0.25) is 4.79 Å². The van der Waals surface area contributed by atoms with Crippen molar-refractivity contribution in [1.82, 2.24) is 0 Å². The average Bonchev–Trinajstić information content (AvgIpc) is 3.43. The van der Waals surface area contributed by atoms with Crippen LogP contribution in [0.5, 0.6) is 11.5 Å². The Labute approximate surface area is 282 Å². The van der Waals surface area contributed by atoms with Crippen LogP contribution in [0, 0.1) is 56.7 Å². The van der Waals surface area contributed by atoms with Crippen LogP contribution in [0.1, 0.15) is 111 Å². The number of fused-ring (bicyclic) bond motifs is 7. The summed E-state index contributed by atoms with van der Waals surface area (Å²) in [6.45, 7) is 18.9. The summed E-state index contributed by atoms with van der Waals surface area (Å²) in [7, 11) is 3.21. The van der Waals surface area contributed by atoms with E-state index in [1.54, 1.807) is 20.3 Å². The van der Waals surface area contributed by atoms with Crippen molar-refractivity contribution in [3.05, 3.63) is 42.0 Å². The quantitative estimate of drug-likeness (QED) is 0.181. The molecule has 0 amide bonds. The molecule has 0 aliphatic heterocycles. The summed E-state index contributed by atoms with van der Waals surface area (Å²) in [4.78, 5) is 26.2. The van der Waals surface area contributed by atoms with Gasteiger partial charge in [0, 0.05) is 11.5 Å². The van der Waals surface area contributed by atoms with Crippen molar-refractivity contribution in [2.24, 2.45) is 56.7 Å². The average molecular weight is 647 g/mol. The fraction of sp³-hybridized carbons (Fsp3) is 0.707. The SMILES string of the molecule is C=C(C)[C@@H]1CC[C@]2(C(=O)O)CC[C@]3(C)[C@H](CC[C@@H]4[C@@]5(C)CCC(OC(=O)/C=C/c6ccc(OC)c(OC)c6)C(C)(C)[C@@H]5CC[C@]43C)[C@@H]12. The monoisotopic (exact) mass is 646 g/mol. The second-order valence-corrected chi connectivity index (χ2v) is 17.4. The van der Waals surface area contributed by atoms with Crippen LogP contribution in [0.15, 0.2) is 36.4 Å². The van der Waals surface area contributed by atoms with Gasteiger partial charge in [-0.05, 0) is 141 Å². The van der Waals surface area contributed by atoms with E-state index in [1.807, 2.05) is 18.2 Å². The lowest BCUT2D eigenvalue weighted by Crippen LogP contribution is -2.67. The standard InChI is InChI=1S/C41H58O6/c1-25(2)27-16-21-41(36(43)44)23-22-39(6)28(35(27)41)12-14-32-38(5)19-18-33(37(3,4)31(38)17-20-40(32,39)7)47-34(42)15-11-26-10-13-29(45-8)30(24-26)46-9/h10-11,13,15,24,27-28,31-33,35H,1,12,14,16-23H2,2-9H3,(H,43,44)/b15-11+/t27-,28+,31-,32+,33?,35+,38-,39+,40+,41-/m0/s1. The van der Waals surface area contributed by atoms with Crippen LogP contribution in [0.3, 0.4) is 0 Å². The van der Waals surface area contributed by atoms with Crippen molar-refractivity contribution >= 4 is 18.0 Å². The molecule has 1 aromatic carbocycles. The number of methoxy groups -OCH3 is 2. The largest absolute Gasteiger partial charge is 0.493 e. The number of allylic oxidation sites excluding steroid dienone is 1. The summed E-state index contributed by atoms with van der Waals surface area (Å²) < 4.78 is 17.0. The molecule has 1 aromatic rings. The van der Waals surface area contributed by atoms with E-state index in [1.165, 1.54) is 11.6 Å². The van der Waals surface area contributed by atoms with E-state index in [0.29, 0.717) is 35.2 Å². The highest BCUT2D eigenvalue weighted by molar-refractivity contribution is 5.87. The third kappa shape index (κ3) is 4.92. The Balaban J connectivity index is 1.22. The van der Waals surface area contributed by atoms with Gasteiger partial charge >= 0.3 is 11.9 Å². The van der Waals surface area contributed by atoms with Gasteiger partial charge in [-0.2, -0.15) is 0 Å². The van der Waals surface area contributed by atoms with Crippen LogP contribution in [-0.4, -0.2) is 37.4 Å². The molecule has 0 aromatic heterocycles. The molecule has 258 valence electrons. The van der Waals surface area contributed by atoms with Crippen molar-refractivity contribution < 1.29 is 28.9 Å². The Bertz CT molecular complexity index is 1460. The Morgan fingerprint density at radius 2 is 1.57 bits per heavy atom. The molecule has 5 aliphatic rings. The number of carbonyl (C=O) groups is 2. The number of rotatable bonds is 7. The first-order valence-corrected chi connectivity index (χ1v) is 18.1. The molecule has 0 heterocycles. The third-order valence-electron chi connectivity index (χ3n) is 15.5. The van der Waals surface area contributed by atoms with Crippen LogP contribution in [0.2, 0.25) is 0 Å². The molecule has 0 spiro atoms. The highest BCUT2D eigenvalue weighted by Gasteiger charge is 2.72. The molecule has 5 fully saturated rings. The number of ether oxygens (including phenoxy) is 3. The Hall–Kier alpha value is -2.76. The summed E-state index contributed by atoms with van der Waals surface area (Å²) in [5.41, 5.74) is 1.69. The fourth-order valence-electron chi connectivity index (χ4n) is 13.0. The lowest BCUT2D eigenvalue weighted by atomic mass is 9.32. The van der Waals surface area contributed by atoms with Crippen LogP contribution in [0.4, 0.5) is 0 Å². The number of esters is 1. The molecular weight excluding hydrogens is 588 g/mol. The minimum atomic E-state index is -0.587.